The third-order valence-corrected chi connectivity index (χ3v) is 4.12. The van der Waals surface area contributed by atoms with E-state index in [1.54, 1.807) is 11.9 Å². The molecule has 6 nitrogen and oxygen atoms in total. The second-order valence-corrected chi connectivity index (χ2v) is 6.41. The summed E-state index contributed by atoms with van der Waals surface area (Å²) < 4.78 is 5.66. The number of benzene rings is 1. The number of hydrogen-bond donors (Lipinski definition) is 1. The van der Waals surface area contributed by atoms with Gasteiger partial charge in [0.1, 0.15) is 0 Å². The molecule has 0 saturated carbocycles. The fourth-order valence-corrected chi connectivity index (χ4v) is 2.98. The van der Waals surface area contributed by atoms with Gasteiger partial charge in [-0.25, -0.2) is 0 Å². The van der Waals surface area contributed by atoms with Crippen LogP contribution in [0.15, 0.2) is 24.3 Å². The van der Waals surface area contributed by atoms with Gasteiger partial charge in [0, 0.05) is 26.1 Å². The van der Waals surface area contributed by atoms with Crippen LogP contribution in [0.1, 0.15) is 17.5 Å². The van der Waals surface area contributed by atoms with E-state index in [4.69, 9.17) is 9.84 Å². The maximum atomic E-state index is 12.4. The Bertz CT molecular complexity index is 576. The first kappa shape index (κ1) is 18.4. The molecule has 1 atom stereocenters. The average Bonchev–Trinajstić information content (AvgIpc) is 2.52. The lowest BCUT2D eigenvalue weighted by molar-refractivity contribution is -0.142. The standard InChI is InChI=1S/C18H26N2O4/c1-14-4-3-5-15(10-14)6-7-17(21)20-8-9-24-16(12-20)11-19(2)13-18(22)23/h3-5,10,16H,6-9,11-13H2,1-2H3,(H,22,23). The summed E-state index contributed by atoms with van der Waals surface area (Å²) in [4.78, 5) is 26.7. The summed E-state index contributed by atoms with van der Waals surface area (Å²) in [5, 5.41) is 8.80. The lowest BCUT2D eigenvalue weighted by Gasteiger charge is -2.34. The Balaban J connectivity index is 1.80. The van der Waals surface area contributed by atoms with E-state index in [2.05, 4.69) is 6.07 Å². The van der Waals surface area contributed by atoms with E-state index < -0.39 is 5.97 Å². The molecule has 0 spiro atoms. The van der Waals surface area contributed by atoms with E-state index in [0.717, 1.165) is 6.42 Å². The lowest BCUT2D eigenvalue weighted by Crippen LogP contribution is -2.49. The molecule has 0 bridgehead atoms. The number of aliphatic carboxylic acids is 1. The highest BCUT2D eigenvalue weighted by atomic mass is 16.5. The summed E-state index contributed by atoms with van der Waals surface area (Å²) in [5.74, 6) is -0.731. The molecule has 24 heavy (non-hydrogen) atoms. The summed E-state index contributed by atoms with van der Waals surface area (Å²) in [6, 6.07) is 8.21. The van der Waals surface area contributed by atoms with Crippen LogP contribution in [-0.2, 0) is 20.7 Å². The van der Waals surface area contributed by atoms with Gasteiger partial charge in [-0.15, -0.1) is 0 Å². The minimum absolute atomic E-state index is 0.0266. The van der Waals surface area contributed by atoms with Crippen molar-refractivity contribution >= 4 is 11.9 Å². The first-order valence-corrected chi connectivity index (χ1v) is 8.29. The summed E-state index contributed by atoms with van der Waals surface area (Å²) >= 11 is 0. The Hall–Kier alpha value is -1.92. The van der Waals surface area contributed by atoms with Crippen molar-refractivity contribution in [1.29, 1.82) is 0 Å². The molecule has 1 aliphatic rings. The zero-order valence-electron chi connectivity index (χ0n) is 14.4. The van der Waals surface area contributed by atoms with Gasteiger partial charge >= 0.3 is 5.97 Å². The molecule has 0 aliphatic carbocycles. The first-order valence-electron chi connectivity index (χ1n) is 8.29. The smallest absolute Gasteiger partial charge is 0.317 e. The Kier molecular flexibility index (Phi) is 6.75. The Morgan fingerprint density at radius 1 is 1.42 bits per heavy atom. The van der Waals surface area contributed by atoms with Crippen molar-refractivity contribution in [1.82, 2.24) is 9.80 Å². The highest BCUT2D eigenvalue weighted by Crippen LogP contribution is 2.11. The first-order chi connectivity index (χ1) is 11.4. The van der Waals surface area contributed by atoms with E-state index in [9.17, 15) is 9.59 Å². The number of morpholine rings is 1. The van der Waals surface area contributed by atoms with Gasteiger partial charge < -0.3 is 14.7 Å². The van der Waals surface area contributed by atoms with Gasteiger partial charge in [-0.1, -0.05) is 29.8 Å². The molecule has 1 fully saturated rings. The van der Waals surface area contributed by atoms with Crippen LogP contribution >= 0.6 is 0 Å². The second kappa shape index (κ2) is 8.80. The van der Waals surface area contributed by atoms with Crippen LogP contribution in [0.3, 0.4) is 0 Å². The van der Waals surface area contributed by atoms with Gasteiger partial charge in [0.25, 0.3) is 0 Å². The van der Waals surface area contributed by atoms with E-state index in [1.165, 1.54) is 11.1 Å². The van der Waals surface area contributed by atoms with Crippen LogP contribution in [0.25, 0.3) is 0 Å². The number of rotatable bonds is 7. The molecule has 1 unspecified atom stereocenters. The minimum Gasteiger partial charge on any atom is -0.480 e. The molecule has 1 heterocycles. The van der Waals surface area contributed by atoms with Crippen LogP contribution in [0.4, 0.5) is 0 Å². The van der Waals surface area contributed by atoms with Crippen LogP contribution < -0.4 is 0 Å². The van der Waals surface area contributed by atoms with Crippen molar-refractivity contribution in [3.8, 4) is 0 Å². The second-order valence-electron chi connectivity index (χ2n) is 6.41. The van der Waals surface area contributed by atoms with Gasteiger partial charge in [0.2, 0.25) is 5.91 Å². The summed E-state index contributed by atoms with van der Waals surface area (Å²) in [6.45, 7) is 4.16. The highest BCUT2D eigenvalue weighted by molar-refractivity contribution is 5.76. The number of carboxylic acid groups (broad SMARTS) is 1. The Morgan fingerprint density at radius 2 is 2.21 bits per heavy atom. The highest BCUT2D eigenvalue weighted by Gasteiger charge is 2.25. The van der Waals surface area contributed by atoms with Crippen molar-refractivity contribution in [2.24, 2.45) is 0 Å². The van der Waals surface area contributed by atoms with Crippen molar-refractivity contribution in [2.75, 3.05) is 39.8 Å². The van der Waals surface area contributed by atoms with E-state index in [1.807, 2.05) is 30.0 Å². The summed E-state index contributed by atoms with van der Waals surface area (Å²) in [7, 11) is 1.75. The van der Waals surface area contributed by atoms with Crippen molar-refractivity contribution in [3.05, 3.63) is 35.4 Å². The number of likely N-dealkylation sites (N-methyl/N-ethyl adjacent to an activating group) is 1. The van der Waals surface area contributed by atoms with E-state index in [-0.39, 0.29) is 18.6 Å². The van der Waals surface area contributed by atoms with Gasteiger partial charge in [0.15, 0.2) is 0 Å². The maximum absolute atomic E-state index is 12.4. The van der Waals surface area contributed by atoms with Gasteiger partial charge in [-0.2, -0.15) is 0 Å². The molecule has 2 rings (SSSR count). The molecule has 1 aromatic carbocycles. The number of hydrogen-bond acceptors (Lipinski definition) is 4. The van der Waals surface area contributed by atoms with Crippen LogP contribution in [0, 0.1) is 6.92 Å². The number of carbonyl (C=O) groups excluding carboxylic acids is 1. The lowest BCUT2D eigenvalue weighted by atomic mass is 10.1. The average molecular weight is 334 g/mol. The topological polar surface area (TPSA) is 70.1 Å². The summed E-state index contributed by atoms with van der Waals surface area (Å²) in [6.07, 6.45) is 1.09. The van der Waals surface area contributed by atoms with Gasteiger partial charge in [0.05, 0.1) is 19.3 Å². The predicted molar refractivity (Wildman–Crippen MR) is 91.0 cm³/mol. The van der Waals surface area contributed by atoms with Gasteiger partial charge in [-0.3, -0.25) is 14.5 Å². The quantitative estimate of drug-likeness (QED) is 0.811. The Labute approximate surface area is 143 Å². The van der Waals surface area contributed by atoms with Crippen LogP contribution in [0.2, 0.25) is 0 Å². The predicted octanol–water partition coefficient (Wildman–Crippen LogP) is 1.17. The SMILES string of the molecule is Cc1cccc(CCC(=O)N2CCOC(CN(C)CC(=O)O)C2)c1. The Morgan fingerprint density at radius 3 is 2.92 bits per heavy atom. The van der Waals surface area contributed by atoms with Gasteiger partial charge in [-0.05, 0) is 26.0 Å². The molecule has 0 aromatic heterocycles. The van der Waals surface area contributed by atoms with Crippen molar-refractivity contribution in [2.45, 2.75) is 25.9 Å². The number of ether oxygens (including phenoxy) is 1. The van der Waals surface area contributed by atoms with Crippen molar-refractivity contribution < 1.29 is 19.4 Å². The third kappa shape index (κ3) is 5.94. The van der Waals surface area contributed by atoms with Crippen LogP contribution in [-0.4, -0.2) is 72.7 Å². The van der Waals surface area contributed by atoms with E-state index in [0.29, 0.717) is 32.7 Å². The minimum atomic E-state index is -0.862. The molecular weight excluding hydrogens is 308 g/mol. The summed E-state index contributed by atoms with van der Waals surface area (Å²) in [5.41, 5.74) is 2.38. The number of carboxylic acids is 1. The zero-order chi connectivity index (χ0) is 17.5. The largest absolute Gasteiger partial charge is 0.480 e. The molecular formula is C18H26N2O4. The van der Waals surface area contributed by atoms with E-state index >= 15 is 0 Å². The molecule has 1 saturated heterocycles. The molecule has 132 valence electrons. The molecule has 6 heteroatoms. The third-order valence-electron chi connectivity index (χ3n) is 4.12. The van der Waals surface area contributed by atoms with Crippen LogP contribution in [0.5, 0.6) is 0 Å². The number of aryl methyl sites for hydroxylation is 2. The maximum Gasteiger partial charge on any atom is 0.317 e. The zero-order valence-corrected chi connectivity index (χ0v) is 14.4. The monoisotopic (exact) mass is 334 g/mol. The molecule has 1 aromatic rings. The number of amides is 1. The molecule has 0 radical (unpaired) electrons. The fourth-order valence-electron chi connectivity index (χ4n) is 2.98. The number of carbonyl (C=O) groups is 2. The molecule has 1 N–H and O–H groups in total. The fraction of sp³-hybridized carbons (Fsp3) is 0.556. The normalized spacial score (nSPS) is 18.0. The van der Waals surface area contributed by atoms with Crippen molar-refractivity contribution in [3.63, 3.8) is 0 Å². The number of nitrogens with zero attached hydrogens (tertiary/aromatic N) is 2. The molecule has 1 aliphatic heterocycles. The molecule has 1 amide bonds.